The predicted molar refractivity (Wildman–Crippen MR) is 82.5 cm³/mol. The molecular weight excluding hydrogens is 256 g/mol. The first-order valence-electron chi connectivity index (χ1n) is 6.85. The Morgan fingerprint density at radius 1 is 1.21 bits per heavy atom. The van der Waals surface area contributed by atoms with E-state index in [4.69, 9.17) is 18.0 Å². The lowest BCUT2D eigenvalue weighted by Crippen LogP contribution is -2.38. The molecule has 4 nitrogen and oxygen atoms in total. The fourth-order valence-electron chi connectivity index (χ4n) is 2.74. The molecule has 1 aromatic rings. The van der Waals surface area contributed by atoms with Gasteiger partial charge in [0.25, 0.3) is 0 Å². The van der Waals surface area contributed by atoms with Crippen molar-refractivity contribution in [3.8, 4) is 0 Å². The molecule has 0 aromatic carbocycles. The quantitative estimate of drug-likeness (QED) is 0.832. The molecule has 0 atom stereocenters. The Hall–Kier alpha value is -1.23. The third-order valence-corrected chi connectivity index (χ3v) is 4.28. The highest BCUT2D eigenvalue weighted by Gasteiger charge is 2.28. The number of hydrogen-bond acceptors (Lipinski definition) is 4. The zero-order valence-electron chi connectivity index (χ0n) is 11.9. The summed E-state index contributed by atoms with van der Waals surface area (Å²) in [6, 6.07) is 0. The van der Waals surface area contributed by atoms with Crippen LogP contribution in [0.1, 0.15) is 55.8 Å². The monoisotopic (exact) mass is 278 g/mol. The molecule has 5 heteroatoms. The summed E-state index contributed by atoms with van der Waals surface area (Å²) in [6.45, 7) is 6.16. The van der Waals surface area contributed by atoms with Crippen LogP contribution in [-0.2, 0) is 0 Å². The molecule has 104 valence electrons. The Labute approximate surface area is 120 Å². The molecule has 0 bridgehead atoms. The van der Waals surface area contributed by atoms with Gasteiger partial charge in [-0.1, -0.05) is 31.5 Å². The van der Waals surface area contributed by atoms with E-state index in [-0.39, 0.29) is 5.54 Å². The molecule has 2 rings (SSSR count). The normalized spacial score (nSPS) is 18.1. The van der Waals surface area contributed by atoms with Crippen LogP contribution in [0, 0.1) is 13.8 Å². The van der Waals surface area contributed by atoms with Crippen LogP contribution in [0.2, 0.25) is 0 Å². The molecule has 1 fully saturated rings. The highest BCUT2D eigenvalue weighted by molar-refractivity contribution is 7.80. The van der Waals surface area contributed by atoms with Crippen LogP contribution in [0.15, 0.2) is 0 Å². The number of aryl methyl sites for hydroxylation is 1. The first-order valence-corrected chi connectivity index (χ1v) is 7.26. The number of nitrogens with one attached hydrogen (secondary N) is 1. The number of anilines is 1. The van der Waals surface area contributed by atoms with Gasteiger partial charge in [0.1, 0.15) is 4.99 Å². The van der Waals surface area contributed by atoms with Gasteiger partial charge in [-0.15, -0.1) is 5.10 Å². The maximum absolute atomic E-state index is 5.86. The van der Waals surface area contributed by atoms with Gasteiger partial charge in [-0.3, -0.25) is 0 Å². The molecule has 0 radical (unpaired) electrons. The summed E-state index contributed by atoms with van der Waals surface area (Å²) >= 11 is 5.17. The van der Waals surface area contributed by atoms with Crippen molar-refractivity contribution in [1.29, 1.82) is 0 Å². The minimum absolute atomic E-state index is 0.0775. The second-order valence-corrected chi connectivity index (χ2v) is 6.18. The van der Waals surface area contributed by atoms with Crippen LogP contribution in [0.3, 0.4) is 0 Å². The van der Waals surface area contributed by atoms with Crippen LogP contribution in [0.4, 0.5) is 5.82 Å². The molecule has 1 aliphatic carbocycles. The van der Waals surface area contributed by atoms with Crippen LogP contribution in [-0.4, -0.2) is 20.7 Å². The summed E-state index contributed by atoms with van der Waals surface area (Å²) < 4.78 is 0. The van der Waals surface area contributed by atoms with Crippen molar-refractivity contribution in [1.82, 2.24) is 10.2 Å². The van der Waals surface area contributed by atoms with Gasteiger partial charge >= 0.3 is 0 Å². The van der Waals surface area contributed by atoms with E-state index in [1.165, 1.54) is 19.3 Å². The molecule has 19 heavy (non-hydrogen) atoms. The van der Waals surface area contributed by atoms with E-state index in [0.29, 0.717) is 4.99 Å². The van der Waals surface area contributed by atoms with Crippen molar-refractivity contribution in [2.45, 2.75) is 58.4 Å². The van der Waals surface area contributed by atoms with Gasteiger partial charge in [0.2, 0.25) is 0 Å². The van der Waals surface area contributed by atoms with Gasteiger partial charge in [0.15, 0.2) is 5.82 Å². The average molecular weight is 278 g/mol. The molecule has 1 aromatic heterocycles. The molecule has 0 unspecified atom stereocenters. The first kappa shape index (κ1) is 14.2. The van der Waals surface area contributed by atoms with Gasteiger partial charge < -0.3 is 11.1 Å². The lowest BCUT2D eigenvalue weighted by atomic mass is 9.83. The lowest BCUT2D eigenvalue weighted by molar-refractivity contribution is 0.348. The minimum atomic E-state index is 0.0775. The summed E-state index contributed by atoms with van der Waals surface area (Å²) in [5.74, 6) is 0.736. The number of thiocarbonyl (C=S) groups is 1. The molecule has 1 aliphatic rings. The Balaban J connectivity index is 2.34. The number of rotatable bonds is 3. The Morgan fingerprint density at radius 3 is 2.42 bits per heavy atom. The number of aromatic nitrogens is 2. The van der Waals surface area contributed by atoms with Gasteiger partial charge in [-0.2, -0.15) is 5.10 Å². The minimum Gasteiger partial charge on any atom is -0.389 e. The molecular formula is C14H22N4S. The molecule has 3 N–H and O–H groups in total. The Bertz CT molecular complexity index is 492. The van der Waals surface area contributed by atoms with E-state index in [1.54, 1.807) is 0 Å². The Kier molecular flexibility index (Phi) is 4.04. The van der Waals surface area contributed by atoms with Crippen molar-refractivity contribution >= 4 is 23.0 Å². The zero-order chi connectivity index (χ0) is 14.0. The van der Waals surface area contributed by atoms with Crippen molar-refractivity contribution in [3.63, 3.8) is 0 Å². The number of hydrogen-bond donors (Lipinski definition) is 2. The third-order valence-electron chi connectivity index (χ3n) is 4.08. The average Bonchev–Trinajstić information content (AvgIpc) is 2.34. The van der Waals surface area contributed by atoms with Crippen LogP contribution in [0.5, 0.6) is 0 Å². The van der Waals surface area contributed by atoms with Crippen molar-refractivity contribution in [3.05, 3.63) is 16.8 Å². The largest absolute Gasteiger partial charge is 0.389 e. The number of nitrogens with zero attached hydrogens (tertiary/aromatic N) is 2. The Morgan fingerprint density at radius 2 is 1.84 bits per heavy atom. The van der Waals surface area contributed by atoms with Gasteiger partial charge in [0.05, 0.1) is 11.3 Å². The van der Waals surface area contributed by atoms with E-state index < -0.39 is 0 Å². The molecule has 1 heterocycles. The van der Waals surface area contributed by atoms with Crippen LogP contribution in [0.25, 0.3) is 0 Å². The van der Waals surface area contributed by atoms with Crippen LogP contribution < -0.4 is 11.1 Å². The summed E-state index contributed by atoms with van der Waals surface area (Å²) in [7, 11) is 0. The first-order chi connectivity index (χ1) is 8.93. The van der Waals surface area contributed by atoms with Crippen molar-refractivity contribution in [2.75, 3.05) is 5.32 Å². The fraction of sp³-hybridized carbons (Fsp3) is 0.643. The van der Waals surface area contributed by atoms with E-state index in [2.05, 4.69) is 22.4 Å². The summed E-state index contributed by atoms with van der Waals surface area (Å²) in [4.78, 5) is 0.386. The molecule has 0 aliphatic heterocycles. The second-order valence-electron chi connectivity index (χ2n) is 5.74. The van der Waals surface area contributed by atoms with E-state index in [1.807, 2.05) is 13.8 Å². The van der Waals surface area contributed by atoms with Crippen molar-refractivity contribution in [2.24, 2.45) is 5.73 Å². The number of nitrogens with two attached hydrogens (primary N) is 1. The highest BCUT2D eigenvalue weighted by atomic mass is 32.1. The molecule has 1 saturated carbocycles. The smallest absolute Gasteiger partial charge is 0.159 e. The highest BCUT2D eigenvalue weighted by Crippen LogP contribution is 2.32. The topological polar surface area (TPSA) is 63.8 Å². The van der Waals surface area contributed by atoms with Crippen molar-refractivity contribution < 1.29 is 0 Å². The summed E-state index contributed by atoms with van der Waals surface area (Å²) in [6.07, 6.45) is 6.13. The molecule has 0 amide bonds. The van der Waals surface area contributed by atoms with E-state index in [9.17, 15) is 0 Å². The van der Waals surface area contributed by atoms with Crippen LogP contribution >= 0.6 is 12.2 Å². The molecule has 0 saturated heterocycles. The summed E-state index contributed by atoms with van der Waals surface area (Å²) in [5, 5.41) is 12.0. The fourth-order valence-corrected chi connectivity index (χ4v) is 2.99. The predicted octanol–water partition coefficient (Wildman–Crippen LogP) is 2.86. The standard InChI is InChI=1S/C14H22N4S/c1-9-10(2)17-18-13(11(9)12(15)19)16-14(3)7-5-4-6-8-14/h4-8H2,1-3H3,(H2,15,19)(H,16,18). The SMILES string of the molecule is Cc1nnc(NC2(C)CCCCC2)c(C(N)=S)c1C. The van der Waals surface area contributed by atoms with E-state index >= 15 is 0 Å². The second kappa shape index (κ2) is 5.41. The van der Waals surface area contributed by atoms with E-state index in [0.717, 1.165) is 35.5 Å². The maximum Gasteiger partial charge on any atom is 0.159 e. The summed E-state index contributed by atoms with van der Waals surface area (Å²) in [5.41, 5.74) is 8.67. The zero-order valence-corrected chi connectivity index (χ0v) is 12.7. The third kappa shape index (κ3) is 3.03. The van der Waals surface area contributed by atoms with Gasteiger partial charge in [-0.05, 0) is 39.2 Å². The van der Waals surface area contributed by atoms with Gasteiger partial charge in [-0.25, -0.2) is 0 Å². The maximum atomic E-state index is 5.86. The van der Waals surface area contributed by atoms with Gasteiger partial charge in [0, 0.05) is 5.54 Å². The lowest BCUT2D eigenvalue weighted by Gasteiger charge is -2.35. The molecule has 0 spiro atoms.